The predicted octanol–water partition coefficient (Wildman–Crippen LogP) is 20.5. The van der Waals surface area contributed by atoms with Crippen molar-refractivity contribution in [3.05, 3.63) is 210 Å². The summed E-state index contributed by atoms with van der Waals surface area (Å²) in [4.78, 5) is 11.1. The molecular weight excluding hydrogens is 1180 g/mol. The van der Waals surface area contributed by atoms with E-state index in [0.29, 0.717) is 11.4 Å². The van der Waals surface area contributed by atoms with Crippen LogP contribution in [0.4, 0.5) is 0 Å². The average molecular weight is 1260 g/mol. The van der Waals surface area contributed by atoms with Crippen LogP contribution in [0.2, 0.25) is 0 Å². The van der Waals surface area contributed by atoms with Crippen LogP contribution in [0.3, 0.4) is 0 Å². The van der Waals surface area contributed by atoms with E-state index in [1.54, 1.807) is 0 Å². The van der Waals surface area contributed by atoms with Crippen molar-refractivity contribution in [1.82, 2.24) is 19.1 Å². The molecule has 5 nitrogen and oxygen atoms in total. The van der Waals surface area contributed by atoms with Crippen LogP contribution in [0.1, 0.15) is 132 Å². The van der Waals surface area contributed by atoms with Gasteiger partial charge in [-0.2, -0.15) is 0 Å². The summed E-state index contributed by atoms with van der Waals surface area (Å²) in [6.45, 7) is 33.7. The number of fused-ring (bicyclic) bond motifs is 7. The summed E-state index contributed by atoms with van der Waals surface area (Å²) in [5, 5.41) is 20.0. The van der Waals surface area contributed by atoms with E-state index in [4.69, 9.17) is 9.97 Å². The number of benzene rings is 9. The molecule has 0 aliphatic rings. The van der Waals surface area contributed by atoms with Gasteiger partial charge < -0.3 is 9.67 Å². The molecule has 0 radical (unpaired) electrons. The molecule has 0 aliphatic carbocycles. The van der Waals surface area contributed by atoms with Gasteiger partial charge >= 0.3 is 0 Å². The standard InChI is InChI=1S/C76H75N4O.Pt/c1-72(2,3)51-30-33-56-47(37-51)28-29-48-40-55(32-34-57(48)56)79-65-26-20-19-24-59(65)62-45-77-64(44-68(62)79)50-36-49(38-53(39-50)74(7,8)9)58-25-21-27-67-69(58)78-71(61-42-54(75(10,11)12)43-63(70(61)81)76(13,14)15)80(67)66-35-31-52(73(4,5)6)41-60(66)46-22-17-16-18-23-46;/h16-35,37-45,81H,1-15H3;/q-1;. The van der Waals surface area contributed by atoms with Crippen LogP contribution in [-0.4, -0.2) is 24.2 Å². The number of aromatic nitrogens is 4. The summed E-state index contributed by atoms with van der Waals surface area (Å²) in [6.07, 6.45) is 2.05. The summed E-state index contributed by atoms with van der Waals surface area (Å²) in [6, 6.07) is 66.2. The van der Waals surface area contributed by atoms with Crippen LogP contribution in [0, 0.1) is 6.07 Å². The number of phenolic OH excluding ortho intramolecular Hbond substituents is 1. The van der Waals surface area contributed by atoms with Gasteiger partial charge in [0, 0.05) is 60.5 Å². The van der Waals surface area contributed by atoms with Crippen molar-refractivity contribution in [1.29, 1.82) is 0 Å². The second-order valence-electron chi connectivity index (χ2n) is 27.8. The Hall–Kier alpha value is -7.59. The van der Waals surface area contributed by atoms with E-state index < -0.39 is 0 Å². The van der Waals surface area contributed by atoms with Gasteiger partial charge in [0.1, 0.15) is 11.6 Å². The monoisotopic (exact) mass is 1250 g/mol. The zero-order valence-electron chi connectivity index (χ0n) is 50.3. The SMILES string of the molecule is CC(C)(C)c1cc(-c2cc3c(cn2)c2ccccc2n3-c2ccc3c(ccc4cc(C(C)(C)C)ccc43)c2)[c-]c(-c2cccc3c2nc(-c2cc(C(C)(C)C)cc(C(C)(C)C)c2O)n3-c2ccc(C(C)(C)C)cc2-c2ccccc2)c1.[Pt]. The van der Waals surface area contributed by atoms with Crippen molar-refractivity contribution >= 4 is 54.4 Å². The van der Waals surface area contributed by atoms with Gasteiger partial charge in [0.05, 0.1) is 33.3 Å². The number of nitrogens with zero attached hydrogens (tertiary/aromatic N) is 4. The van der Waals surface area contributed by atoms with Crippen molar-refractivity contribution < 1.29 is 26.2 Å². The third-order valence-electron chi connectivity index (χ3n) is 16.7. The third-order valence-corrected chi connectivity index (χ3v) is 16.7. The fraction of sp³-hybridized carbons (Fsp3) is 0.263. The smallest absolute Gasteiger partial charge is 0.148 e. The molecule has 0 bridgehead atoms. The van der Waals surface area contributed by atoms with Crippen molar-refractivity contribution in [2.24, 2.45) is 0 Å². The van der Waals surface area contributed by atoms with Crippen LogP contribution in [-0.2, 0) is 48.1 Å². The Bertz CT molecular complexity index is 4480. The van der Waals surface area contributed by atoms with Gasteiger partial charge in [-0.1, -0.05) is 224 Å². The van der Waals surface area contributed by atoms with Crippen molar-refractivity contribution in [2.75, 3.05) is 0 Å². The Morgan fingerprint density at radius 2 is 1.00 bits per heavy atom. The van der Waals surface area contributed by atoms with Gasteiger partial charge in [0.15, 0.2) is 0 Å². The van der Waals surface area contributed by atoms with Gasteiger partial charge in [0.2, 0.25) is 0 Å². The maximum Gasteiger partial charge on any atom is 0.148 e. The Morgan fingerprint density at radius 1 is 0.415 bits per heavy atom. The molecular formula is C76H75N4OPt-. The van der Waals surface area contributed by atoms with Gasteiger partial charge in [0.25, 0.3) is 0 Å². The Kier molecular flexibility index (Phi) is 13.8. The number of para-hydroxylation sites is 2. The molecule has 0 amide bonds. The number of imidazole rings is 1. The average Bonchev–Trinajstić information content (AvgIpc) is 4.05. The summed E-state index contributed by atoms with van der Waals surface area (Å²) in [5.74, 6) is 0.923. The molecule has 0 unspecified atom stereocenters. The molecule has 82 heavy (non-hydrogen) atoms. The molecule has 0 fully saturated rings. The molecule has 6 heteroatoms. The molecule has 9 aromatic carbocycles. The molecule has 0 atom stereocenters. The molecule has 3 heterocycles. The number of hydrogen-bond acceptors (Lipinski definition) is 3. The number of phenols is 1. The van der Waals surface area contributed by atoms with Gasteiger partial charge in [-0.15, -0.1) is 29.3 Å². The van der Waals surface area contributed by atoms with Crippen LogP contribution in [0.15, 0.2) is 176 Å². The summed E-state index contributed by atoms with van der Waals surface area (Å²) in [7, 11) is 0. The van der Waals surface area contributed by atoms with E-state index in [0.717, 1.165) is 94.4 Å². The molecule has 0 spiro atoms. The van der Waals surface area contributed by atoms with Crippen LogP contribution < -0.4 is 0 Å². The van der Waals surface area contributed by atoms with E-state index >= 15 is 0 Å². The first kappa shape index (κ1) is 56.3. The molecule has 1 N–H and O–H groups in total. The molecule has 416 valence electrons. The molecule has 0 aliphatic heterocycles. The normalized spacial score (nSPS) is 12.8. The van der Waals surface area contributed by atoms with Gasteiger partial charge in [-0.05, 0) is 119 Å². The molecule has 12 rings (SSSR count). The number of hydrogen-bond donors (Lipinski definition) is 1. The minimum Gasteiger partial charge on any atom is -0.507 e. The van der Waals surface area contributed by atoms with Crippen LogP contribution in [0.25, 0.3) is 111 Å². The first-order valence-corrected chi connectivity index (χ1v) is 28.8. The molecule has 12 aromatic rings. The maximum absolute atomic E-state index is 12.7. The summed E-state index contributed by atoms with van der Waals surface area (Å²) in [5.41, 5.74) is 17.5. The minimum atomic E-state index is -0.350. The largest absolute Gasteiger partial charge is 0.507 e. The van der Waals surface area contributed by atoms with Crippen LogP contribution in [0.5, 0.6) is 5.75 Å². The number of pyridine rings is 1. The van der Waals surface area contributed by atoms with Crippen molar-refractivity contribution in [3.8, 4) is 62.0 Å². The Morgan fingerprint density at radius 3 is 1.68 bits per heavy atom. The zero-order chi connectivity index (χ0) is 57.3. The first-order valence-electron chi connectivity index (χ1n) is 28.8. The number of rotatable bonds is 6. The summed E-state index contributed by atoms with van der Waals surface area (Å²) >= 11 is 0. The van der Waals surface area contributed by atoms with E-state index in [-0.39, 0.29) is 53.9 Å². The second-order valence-corrected chi connectivity index (χ2v) is 27.8. The zero-order valence-corrected chi connectivity index (χ0v) is 52.6. The van der Waals surface area contributed by atoms with Gasteiger partial charge in [-0.3, -0.25) is 9.55 Å². The van der Waals surface area contributed by atoms with Crippen LogP contribution >= 0.6 is 0 Å². The minimum absolute atomic E-state index is 0. The Labute approximate surface area is 499 Å². The molecule has 0 saturated heterocycles. The second kappa shape index (κ2) is 20.1. The first-order chi connectivity index (χ1) is 38.2. The fourth-order valence-corrected chi connectivity index (χ4v) is 11.8. The third kappa shape index (κ3) is 9.97. The Balaban J connectivity index is 0.00000705. The maximum atomic E-state index is 12.7. The fourth-order valence-electron chi connectivity index (χ4n) is 11.8. The van der Waals surface area contributed by atoms with Crippen molar-refractivity contribution in [2.45, 2.75) is 131 Å². The predicted molar refractivity (Wildman–Crippen MR) is 344 cm³/mol. The van der Waals surface area contributed by atoms with E-state index in [9.17, 15) is 5.11 Å². The van der Waals surface area contributed by atoms with E-state index in [1.165, 1.54) is 32.7 Å². The van der Waals surface area contributed by atoms with Gasteiger partial charge in [-0.25, -0.2) is 4.98 Å². The molecule has 3 aromatic heterocycles. The van der Waals surface area contributed by atoms with E-state index in [1.807, 2.05) is 0 Å². The molecule has 0 saturated carbocycles. The summed E-state index contributed by atoms with van der Waals surface area (Å²) < 4.78 is 4.70. The van der Waals surface area contributed by atoms with E-state index in [2.05, 4.69) is 295 Å². The van der Waals surface area contributed by atoms with Crippen molar-refractivity contribution in [3.63, 3.8) is 0 Å². The topological polar surface area (TPSA) is 55.9 Å². The quantitative estimate of drug-likeness (QED) is 0.133. The number of aromatic hydroxyl groups is 1.